The minimum absolute atomic E-state index is 0.136. The molecule has 130 valence electrons. The number of ketones is 1. The van der Waals surface area contributed by atoms with Crippen molar-refractivity contribution in [3.05, 3.63) is 94.3 Å². The number of carbonyl (C=O) groups is 1. The third kappa shape index (κ3) is 3.21. The third-order valence-electron chi connectivity index (χ3n) is 4.77. The number of rotatable bonds is 6. The molecule has 0 amide bonds. The van der Waals surface area contributed by atoms with Gasteiger partial charge in [0.15, 0.2) is 6.04 Å². The fourth-order valence-electron chi connectivity index (χ4n) is 3.39. The molecule has 26 heavy (non-hydrogen) atoms. The summed E-state index contributed by atoms with van der Waals surface area (Å²) in [5, 5.41) is 5.24. The molecule has 2 heterocycles. The Morgan fingerprint density at radius 1 is 1.00 bits per heavy atom. The topological polar surface area (TPSA) is 49.5 Å². The first-order valence-electron chi connectivity index (χ1n) is 8.77. The van der Waals surface area contributed by atoms with Crippen molar-refractivity contribution in [1.29, 1.82) is 0 Å². The number of benzene rings is 2. The van der Waals surface area contributed by atoms with Crippen LogP contribution in [0, 0.1) is 0 Å². The molecule has 0 aliphatic carbocycles. The Morgan fingerprint density at radius 2 is 1.77 bits per heavy atom. The highest BCUT2D eigenvalue weighted by atomic mass is 32.1. The molecule has 2 atom stereocenters. The van der Waals surface area contributed by atoms with E-state index in [-0.39, 0.29) is 17.9 Å². The second-order valence-electron chi connectivity index (χ2n) is 6.50. The van der Waals surface area contributed by atoms with Crippen LogP contribution in [0.5, 0.6) is 0 Å². The van der Waals surface area contributed by atoms with Gasteiger partial charge in [0.1, 0.15) is 6.04 Å². The number of para-hydroxylation sites is 1. The molecule has 3 N–H and O–H groups in total. The lowest BCUT2D eigenvalue weighted by atomic mass is 9.96. The van der Waals surface area contributed by atoms with Gasteiger partial charge in [-0.15, -0.1) is 11.3 Å². The summed E-state index contributed by atoms with van der Waals surface area (Å²) in [7, 11) is 0. The molecule has 0 bridgehead atoms. The van der Waals surface area contributed by atoms with Gasteiger partial charge in [-0.2, -0.15) is 0 Å². The third-order valence-corrected chi connectivity index (χ3v) is 5.84. The van der Waals surface area contributed by atoms with Crippen molar-refractivity contribution < 1.29 is 10.1 Å². The molecular weight excluding hydrogens is 340 g/mol. The van der Waals surface area contributed by atoms with Gasteiger partial charge in [-0.25, -0.2) is 0 Å². The van der Waals surface area contributed by atoms with Crippen LogP contribution in [0.1, 0.15) is 39.8 Å². The zero-order valence-corrected chi connectivity index (χ0v) is 15.4. The SMILES string of the molecule is C[C@H]([NH2+][C@H](C(=O)c1c[nH]c2ccccc12)c1ccccc1)c1cccs1. The smallest absolute Gasteiger partial charge is 0.226 e. The second-order valence-corrected chi connectivity index (χ2v) is 7.48. The summed E-state index contributed by atoms with van der Waals surface area (Å²) in [6, 6.07) is 22.1. The number of fused-ring (bicyclic) bond motifs is 1. The van der Waals surface area contributed by atoms with E-state index in [0.29, 0.717) is 0 Å². The van der Waals surface area contributed by atoms with Crippen LogP contribution in [0.15, 0.2) is 78.3 Å². The molecule has 0 saturated heterocycles. The van der Waals surface area contributed by atoms with Crippen LogP contribution >= 0.6 is 11.3 Å². The van der Waals surface area contributed by atoms with Gasteiger partial charge in [-0.1, -0.05) is 54.6 Å². The summed E-state index contributed by atoms with van der Waals surface area (Å²) in [5.74, 6) is 0.136. The highest BCUT2D eigenvalue weighted by molar-refractivity contribution is 7.10. The quantitative estimate of drug-likeness (QED) is 0.489. The average Bonchev–Trinajstić information content (AvgIpc) is 3.36. The van der Waals surface area contributed by atoms with Gasteiger partial charge in [-0.3, -0.25) is 4.79 Å². The largest absolute Gasteiger partial charge is 0.360 e. The van der Waals surface area contributed by atoms with E-state index in [9.17, 15) is 4.79 Å². The lowest BCUT2D eigenvalue weighted by Crippen LogP contribution is -2.87. The van der Waals surface area contributed by atoms with Crippen LogP contribution in [-0.4, -0.2) is 10.8 Å². The predicted molar refractivity (Wildman–Crippen MR) is 106 cm³/mol. The molecule has 0 aliphatic rings. The van der Waals surface area contributed by atoms with E-state index in [0.717, 1.165) is 22.0 Å². The molecule has 0 fully saturated rings. The van der Waals surface area contributed by atoms with Gasteiger partial charge >= 0.3 is 0 Å². The van der Waals surface area contributed by atoms with E-state index in [2.05, 4.69) is 34.7 Å². The van der Waals surface area contributed by atoms with E-state index in [4.69, 9.17) is 0 Å². The van der Waals surface area contributed by atoms with Crippen molar-refractivity contribution in [2.24, 2.45) is 0 Å². The zero-order chi connectivity index (χ0) is 17.9. The lowest BCUT2D eigenvalue weighted by Gasteiger charge is -2.19. The number of nitrogens with two attached hydrogens (primary N) is 1. The molecule has 0 unspecified atom stereocenters. The van der Waals surface area contributed by atoms with Gasteiger partial charge in [0.2, 0.25) is 5.78 Å². The van der Waals surface area contributed by atoms with Crippen LogP contribution in [0.25, 0.3) is 10.9 Å². The van der Waals surface area contributed by atoms with Gasteiger partial charge in [0.05, 0.1) is 4.88 Å². The lowest BCUT2D eigenvalue weighted by molar-refractivity contribution is -0.717. The summed E-state index contributed by atoms with van der Waals surface area (Å²) in [5.41, 5.74) is 2.78. The number of nitrogens with one attached hydrogen (secondary N) is 1. The summed E-state index contributed by atoms with van der Waals surface area (Å²) >= 11 is 1.73. The maximum absolute atomic E-state index is 13.5. The number of quaternary nitrogens is 1. The van der Waals surface area contributed by atoms with Gasteiger partial charge in [0, 0.05) is 28.2 Å². The molecule has 0 aliphatic heterocycles. The van der Waals surface area contributed by atoms with Crippen molar-refractivity contribution in [3.8, 4) is 0 Å². The van der Waals surface area contributed by atoms with Crippen molar-refractivity contribution >= 4 is 28.0 Å². The number of aromatic nitrogens is 1. The van der Waals surface area contributed by atoms with Crippen molar-refractivity contribution in [1.82, 2.24) is 4.98 Å². The number of Topliss-reactive ketones (excluding diaryl/α,β-unsaturated/α-hetero) is 1. The van der Waals surface area contributed by atoms with Crippen molar-refractivity contribution in [2.75, 3.05) is 0 Å². The molecule has 4 aromatic rings. The van der Waals surface area contributed by atoms with Crippen LogP contribution in [0.2, 0.25) is 0 Å². The average molecular weight is 361 g/mol. The molecule has 0 saturated carbocycles. The van der Waals surface area contributed by atoms with Crippen LogP contribution in [0.4, 0.5) is 0 Å². The summed E-state index contributed by atoms with van der Waals surface area (Å²) in [6.45, 7) is 2.16. The minimum atomic E-state index is -0.271. The minimum Gasteiger partial charge on any atom is -0.360 e. The van der Waals surface area contributed by atoms with E-state index < -0.39 is 0 Å². The first-order chi connectivity index (χ1) is 12.7. The van der Waals surface area contributed by atoms with Gasteiger partial charge in [0.25, 0.3) is 0 Å². The Bertz CT molecular complexity index is 1010. The first kappa shape index (κ1) is 16.8. The highest BCUT2D eigenvalue weighted by Crippen LogP contribution is 2.24. The highest BCUT2D eigenvalue weighted by Gasteiger charge is 2.29. The molecule has 2 aromatic carbocycles. The summed E-state index contributed by atoms with van der Waals surface area (Å²) in [4.78, 5) is 18.0. The first-order valence-corrected chi connectivity index (χ1v) is 9.65. The second kappa shape index (κ2) is 7.28. The Labute approximate surface area is 156 Å². The van der Waals surface area contributed by atoms with Gasteiger partial charge in [-0.05, 0) is 24.4 Å². The summed E-state index contributed by atoms with van der Waals surface area (Å²) in [6.07, 6.45) is 1.84. The summed E-state index contributed by atoms with van der Waals surface area (Å²) < 4.78 is 0. The standard InChI is InChI=1S/C22H20N2OS/c1-15(20-12-7-13-26-20)24-21(16-8-3-2-4-9-16)22(25)18-14-23-19-11-6-5-10-17(18)19/h2-15,21,23-24H,1H3/p+1/t15-,21-/m0/s1. The van der Waals surface area contributed by atoms with Crippen molar-refractivity contribution in [3.63, 3.8) is 0 Å². The van der Waals surface area contributed by atoms with Crippen LogP contribution in [-0.2, 0) is 0 Å². The Morgan fingerprint density at radius 3 is 2.54 bits per heavy atom. The number of H-pyrrole nitrogens is 1. The Balaban J connectivity index is 1.71. The fraction of sp³-hybridized carbons (Fsp3) is 0.136. The fourth-order valence-corrected chi connectivity index (χ4v) is 4.15. The van der Waals surface area contributed by atoms with Crippen LogP contribution < -0.4 is 5.32 Å². The Hall–Kier alpha value is -2.69. The number of thiophene rings is 1. The normalized spacial score (nSPS) is 13.6. The Kier molecular flexibility index (Phi) is 4.69. The molecular formula is C22H21N2OS+. The van der Waals surface area contributed by atoms with Crippen LogP contribution in [0.3, 0.4) is 0 Å². The monoisotopic (exact) mass is 361 g/mol. The molecule has 2 aromatic heterocycles. The van der Waals surface area contributed by atoms with E-state index in [1.807, 2.05) is 60.8 Å². The molecule has 0 radical (unpaired) electrons. The van der Waals surface area contributed by atoms with E-state index in [1.165, 1.54) is 4.88 Å². The number of aromatic amines is 1. The molecule has 4 heteroatoms. The molecule has 4 rings (SSSR count). The molecule has 3 nitrogen and oxygen atoms in total. The maximum Gasteiger partial charge on any atom is 0.226 e. The maximum atomic E-state index is 13.5. The number of hydrogen-bond donors (Lipinski definition) is 2. The van der Waals surface area contributed by atoms with Gasteiger partial charge < -0.3 is 10.3 Å². The number of hydrogen-bond acceptors (Lipinski definition) is 2. The molecule has 0 spiro atoms. The predicted octanol–water partition coefficient (Wildman–Crippen LogP) is 4.48. The van der Waals surface area contributed by atoms with Crippen molar-refractivity contribution in [2.45, 2.75) is 19.0 Å². The zero-order valence-electron chi connectivity index (χ0n) is 14.6. The van der Waals surface area contributed by atoms with E-state index >= 15 is 0 Å². The van der Waals surface area contributed by atoms with E-state index in [1.54, 1.807) is 11.3 Å². The number of carbonyl (C=O) groups excluding carboxylic acids is 1.